The van der Waals surface area contributed by atoms with Crippen molar-refractivity contribution in [1.82, 2.24) is 35.3 Å². The summed E-state index contributed by atoms with van der Waals surface area (Å²) < 4.78 is 24.2. The molecule has 1 saturated heterocycles. The van der Waals surface area contributed by atoms with Crippen molar-refractivity contribution in [3.8, 4) is 0 Å². The number of hydrogen-bond donors (Lipinski definition) is 3. The highest BCUT2D eigenvalue weighted by Crippen LogP contribution is 2.13. The summed E-state index contributed by atoms with van der Waals surface area (Å²) in [6.45, 7) is 11.4. The van der Waals surface area contributed by atoms with Gasteiger partial charge in [0.05, 0.1) is 31.6 Å². The number of carbonyl (C=O) groups is 3. The van der Waals surface area contributed by atoms with Crippen molar-refractivity contribution < 1.29 is 53.3 Å². The van der Waals surface area contributed by atoms with Gasteiger partial charge in [0.15, 0.2) is 12.3 Å². The number of rotatable bonds is 18. The number of nitrogens with zero attached hydrogens (tertiary/aromatic N) is 7. The molecule has 0 radical (unpaired) electrons. The molecular formula is C52H68N8O11. The lowest BCUT2D eigenvalue weighted by molar-refractivity contribution is -0.188. The monoisotopic (exact) mass is 981 g/mol. The number of ether oxygens (including phenoxy) is 4. The molecule has 3 atom stereocenters. The van der Waals surface area contributed by atoms with Crippen LogP contribution in [0.5, 0.6) is 0 Å². The Hall–Kier alpha value is -7.32. The molecule has 0 saturated carbocycles. The summed E-state index contributed by atoms with van der Waals surface area (Å²) in [4.78, 5) is 50.8. The van der Waals surface area contributed by atoms with Gasteiger partial charge in [0.25, 0.3) is 0 Å². The molecule has 3 N–H and O–H groups in total. The molecule has 1 aliphatic rings. The zero-order valence-corrected chi connectivity index (χ0v) is 41.6. The fourth-order valence-corrected chi connectivity index (χ4v) is 6.16. The third kappa shape index (κ3) is 24.2. The van der Waals surface area contributed by atoms with Gasteiger partial charge < -0.3 is 39.4 Å². The normalized spacial score (nSPS) is 13.5. The number of alkyl carbamates (subject to hydrolysis) is 1. The second kappa shape index (κ2) is 33.3. The highest BCUT2D eigenvalue weighted by atomic mass is 17.2. The molecule has 7 rings (SSSR count). The van der Waals surface area contributed by atoms with E-state index in [1.807, 2.05) is 135 Å². The predicted molar refractivity (Wildman–Crippen MR) is 265 cm³/mol. The van der Waals surface area contributed by atoms with Gasteiger partial charge in [-0.05, 0) is 49.4 Å². The summed E-state index contributed by atoms with van der Waals surface area (Å²) >= 11 is 0. The minimum Gasteiger partial charge on any atom is -0.459 e. The molecule has 71 heavy (non-hydrogen) atoms. The van der Waals surface area contributed by atoms with E-state index in [4.69, 9.17) is 29.2 Å². The summed E-state index contributed by atoms with van der Waals surface area (Å²) in [7, 11) is 2.35. The van der Waals surface area contributed by atoms with Crippen molar-refractivity contribution in [3.05, 3.63) is 167 Å². The molecular weight excluding hydrogens is 913 g/mol. The second-order valence-corrected chi connectivity index (χ2v) is 16.1. The van der Waals surface area contributed by atoms with E-state index in [2.05, 4.69) is 40.7 Å². The summed E-state index contributed by atoms with van der Waals surface area (Å²) in [5.41, 5.74) is 4.41. The molecule has 1 fully saturated rings. The highest BCUT2D eigenvalue weighted by molar-refractivity contribution is 5.81. The van der Waals surface area contributed by atoms with Crippen molar-refractivity contribution in [2.45, 2.75) is 111 Å². The van der Waals surface area contributed by atoms with E-state index >= 15 is 0 Å². The van der Waals surface area contributed by atoms with Gasteiger partial charge in [-0.3, -0.25) is 0 Å². The number of aromatic nitrogens is 6. The standard InChI is InChI=1S/C24H28N4O4.C21H22N4O4.C4H8O2.C2H6.CH4O/c1-24(2,3)32-23(30)25-21(22(29)31-17-19-12-8-5-9-13-19)14-20-16-28(27-26-20)15-18-10-6-4-7-11-18;1-27-29-16-22-20(21(26)28-15-18-10-6-3-7-11-18)12-19-14-25(24-23-19)13-17-8-4-2-5-9-17;5-4-2-1-3-6-4;2*1-2/h4-13,16,21H,14-15,17H2,1-3H3,(H,25,30);2-11,14,16,20H,12-13,15H2,1H3;4-5H,1-3H2;1-2H3;2H,1H3/t21-;20-;;;/m00.../s1. The van der Waals surface area contributed by atoms with Crippen LogP contribution in [0.4, 0.5) is 4.79 Å². The molecule has 1 aliphatic heterocycles. The van der Waals surface area contributed by atoms with Crippen molar-refractivity contribution in [3.63, 3.8) is 0 Å². The maximum Gasteiger partial charge on any atom is 0.408 e. The van der Waals surface area contributed by atoms with E-state index in [0.29, 0.717) is 24.5 Å². The number of amides is 1. The van der Waals surface area contributed by atoms with Crippen LogP contribution in [0.3, 0.4) is 0 Å². The number of aliphatic imine (C=N–C) groups is 1. The van der Waals surface area contributed by atoms with Crippen LogP contribution >= 0.6 is 0 Å². The van der Waals surface area contributed by atoms with E-state index in [-0.39, 0.29) is 26.1 Å². The Labute approximate surface area is 415 Å². The molecule has 0 spiro atoms. The molecule has 1 unspecified atom stereocenters. The van der Waals surface area contributed by atoms with E-state index in [1.54, 1.807) is 42.5 Å². The average molecular weight is 981 g/mol. The SMILES string of the molecule is CC.CC(C)(C)OC(=O)N[C@@H](Cc1cn(Cc2ccccc2)nn1)C(=O)OCc1ccccc1.CO.COOC=N[C@@H](Cc1cn(Cc2ccccc2)nn1)C(=O)OCc1ccccc1.OC1CCCO1. The third-order valence-corrected chi connectivity index (χ3v) is 9.34. The van der Waals surface area contributed by atoms with Crippen LogP contribution in [0.25, 0.3) is 0 Å². The molecule has 6 aromatic rings. The van der Waals surface area contributed by atoms with Crippen LogP contribution in [0, 0.1) is 0 Å². The van der Waals surface area contributed by atoms with Crippen LogP contribution in [-0.4, -0.2) is 109 Å². The number of aliphatic hydroxyl groups excluding tert-OH is 2. The van der Waals surface area contributed by atoms with Gasteiger partial charge >= 0.3 is 18.0 Å². The van der Waals surface area contributed by atoms with E-state index in [9.17, 15) is 14.4 Å². The Morgan fingerprint density at radius 3 is 1.59 bits per heavy atom. The van der Waals surface area contributed by atoms with Crippen LogP contribution in [0.1, 0.15) is 81.1 Å². The van der Waals surface area contributed by atoms with Gasteiger partial charge in [0.2, 0.25) is 6.40 Å². The molecule has 0 aliphatic carbocycles. The Kier molecular flexibility index (Phi) is 27.2. The summed E-state index contributed by atoms with van der Waals surface area (Å²) in [6.07, 6.45) is 5.65. The minimum absolute atomic E-state index is 0.104. The number of nitrogens with one attached hydrogen (secondary N) is 1. The van der Waals surface area contributed by atoms with Gasteiger partial charge in [-0.2, -0.15) is 4.89 Å². The lowest BCUT2D eigenvalue weighted by Gasteiger charge is -2.22. The Morgan fingerprint density at radius 2 is 1.18 bits per heavy atom. The number of esters is 2. The van der Waals surface area contributed by atoms with E-state index < -0.39 is 42.0 Å². The zero-order valence-electron chi connectivity index (χ0n) is 41.6. The maximum absolute atomic E-state index is 12.8. The van der Waals surface area contributed by atoms with Gasteiger partial charge in [0, 0.05) is 45.4 Å². The minimum atomic E-state index is -0.963. The first-order valence-corrected chi connectivity index (χ1v) is 23.1. The zero-order chi connectivity index (χ0) is 51.7. The van der Waals surface area contributed by atoms with Gasteiger partial charge in [-0.25, -0.2) is 28.7 Å². The van der Waals surface area contributed by atoms with Crippen LogP contribution < -0.4 is 5.32 Å². The molecule has 19 heteroatoms. The first-order valence-electron chi connectivity index (χ1n) is 23.1. The fraction of sp³-hybridized carbons (Fsp3) is 0.385. The van der Waals surface area contributed by atoms with Crippen molar-refractivity contribution in [2.75, 3.05) is 20.8 Å². The summed E-state index contributed by atoms with van der Waals surface area (Å²) in [5.74, 6) is -1.06. The Balaban J connectivity index is 0.000000316. The highest BCUT2D eigenvalue weighted by Gasteiger charge is 2.27. The average Bonchev–Trinajstić information content (AvgIpc) is 4.17. The lowest BCUT2D eigenvalue weighted by atomic mass is 10.1. The molecule has 1 amide bonds. The van der Waals surface area contributed by atoms with Gasteiger partial charge in [-0.1, -0.05) is 146 Å². The van der Waals surface area contributed by atoms with E-state index in [1.165, 1.54) is 7.11 Å². The van der Waals surface area contributed by atoms with Gasteiger partial charge in [-0.15, -0.1) is 10.2 Å². The number of benzene rings is 4. The number of carbonyl (C=O) groups excluding carboxylic acids is 3. The Bertz CT molecular complexity index is 2370. The van der Waals surface area contributed by atoms with Crippen molar-refractivity contribution in [2.24, 2.45) is 4.99 Å². The lowest BCUT2D eigenvalue weighted by Crippen LogP contribution is -2.45. The largest absolute Gasteiger partial charge is 0.459 e. The fourth-order valence-electron chi connectivity index (χ4n) is 6.16. The van der Waals surface area contributed by atoms with Crippen LogP contribution in [0.2, 0.25) is 0 Å². The topological polar surface area (TPSA) is 233 Å². The van der Waals surface area contributed by atoms with Crippen molar-refractivity contribution >= 4 is 24.4 Å². The first-order chi connectivity index (χ1) is 34.4. The maximum atomic E-state index is 12.8. The summed E-state index contributed by atoms with van der Waals surface area (Å²) in [6, 6.07) is 36.8. The van der Waals surface area contributed by atoms with E-state index in [0.717, 1.165) is 55.2 Å². The van der Waals surface area contributed by atoms with Crippen LogP contribution in [0.15, 0.2) is 139 Å². The second-order valence-electron chi connectivity index (χ2n) is 16.1. The Morgan fingerprint density at radius 1 is 0.732 bits per heavy atom. The number of hydrogen-bond acceptors (Lipinski definition) is 16. The molecule has 3 heterocycles. The molecule has 2 aromatic heterocycles. The number of aliphatic hydroxyl groups is 2. The first kappa shape index (κ1) is 58.0. The quantitative estimate of drug-likeness (QED) is 0.0200. The predicted octanol–water partition coefficient (Wildman–Crippen LogP) is 6.84. The molecule has 0 bridgehead atoms. The summed E-state index contributed by atoms with van der Waals surface area (Å²) in [5, 5.41) is 34.6. The third-order valence-electron chi connectivity index (χ3n) is 9.34. The van der Waals surface area contributed by atoms with Crippen molar-refractivity contribution in [1.29, 1.82) is 0 Å². The molecule has 4 aromatic carbocycles. The molecule has 382 valence electrons. The molecule has 19 nitrogen and oxygen atoms in total. The smallest absolute Gasteiger partial charge is 0.408 e. The van der Waals surface area contributed by atoms with Crippen LogP contribution in [-0.2, 0) is 77.5 Å². The van der Waals surface area contributed by atoms with Gasteiger partial charge in [0.1, 0.15) is 24.9 Å².